The van der Waals surface area contributed by atoms with E-state index in [1.165, 1.54) is 11.0 Å². The van der Waals surface area contributed by atoms with Crippen molar-refractivity contribution in [3.63, 3.8) is 0 Å². The quantitative estimate of drug-likeness (QED) is 0.733. The Hall–Kier alpha value is -0.116. The van der Waals surface area contributed by atoms with E-state index in [-0.39, 0.29) is 38.3 Å². The Balaban J connectivity index is 0.00000144. The van der Waals surface area contributed by atoms with Gasteiger partial charge in [-0.15, -0.1) is 24.3 Å². The second-order valence-electron chi connectivity index (χ2n) is 2.33. The number of nitrogens with zero attached hydrogens (tertiary/aromatic N) is 1. The molecule has 67 valence electrons. The van der Waals surface area contributed by atoms with Gasteiger partial charge < -0.3 is 14.8 Å². The monoisotopic (exact) mass is 273 g/mol. The number of rotatable bonds is 1. The van der Waals surface area contributed by atoms with E-state index in [2.05, 4.69) is 12.8 Å². The molecule has 0 aromatic rings. The van der Waals surface area contributed by atoms with Gasteiger partial charge in [0.15, 0.2) is 0 Å². The molecule has 1 heterocycles. The van der Waals surface area contributed by atoms with Gasteiger partial charge in [-0.25, -0.2) is 0 Å². The van der Waals surface area contributed by atoms with E-state index >= 15 is 0 Å². The molecule has 0 atom stereocenters. The Morgan fingerprint density at radius 3 is 2.69 bits per heavy atom. The molecule has 0 fully saturated rings. The zero-order valence-electron chi connectivity index (χ0n) is 7.04. The fourth-order valence-electron chi connectivity index (χ4n) is 0.760. The van der Waals surface area contributed by atoms with Crippen molar-refractivity contribution in [2.45, 2.75) is 0 Å². The van der Waals surface area contributed by atoms with Gasteiger partial charge in [0.25, 0.3) is 0 Å². The first-order chi connectivity index (χ1) is 5.52. The van der Waals surface area contributed by atoms with Crippen molar-refractivity contribution in [1.29, 1.82) is 0 Å². The maximum atomic E-state index is 10.5. The number of carboxylic acid groups (broad SMARTS) is 1. The van der Waals surface area contributed by atoms with Crippen LogP contribution in [0.25, 0.3) is 0 Å². The number of carboxylic acids is 1. The van der Waals surface area contributed by atoms with Gasteiger partial charge in [0.05, 0.1) is 0 Å². The second-order valence-corrected chi connectivity index (χ2v) is 2.74. The Morgan fingerprint density at radius 1 is 1.77 bits per heavy atom. The van der Waals surface area contributed by atoms with Gasteiger partial charge in [-0.1, -0.05) is 6.20 Å². The van der Waals surface area contributed by atoms with E-state index in [0.717, 1.165) is 0 Å². The topological polar surface area (TPSA) is 40.5 Å². The summed E-state index contributed by atoms with van der Waals surface area (Å²) in [6, 6.07) is 0. The van der Waals surface area contributed by atoms with Crippen LogP contribution in [0.2, 0.25) is 0 Å². The Morgan fingerprint density at radius 2 is 2.31 bits per heavy atom. The first kappa shape index (κ1) is 12.9. The van der Waals surface area contributed by atoms with Crippen molar-refractivity contribution in [2.75, 3.05) is 7.05 Å². The summed E-state index contributed by atoms with van der Waals surface area (Å²) >= 11 is 5.70. The summed E-state index contributed by atoms with van der Waals surface area (Å²) in [7, 11) is 1.64. The first-order valence-corrected chi connectivity index (χ1v) is 3.57. The summed E-state index contributed by atoms with van der Waals surface area (Å²) in [4.78, 5) is 11.9. The van der Waals surface area contributed by atoms with Crippen LogP contribution >= 0.6 is 11.6 Å². The third kappa shape index (κ3) is 2.94. The largest absolute Gasteiger partial charge is 0.521 e. The number of aliphatic carboxylic acids is 1. The number of likely N-dealkylation sites (N-methyl/N-ethyl adjacent to an activating group) is 1. The van der Waals surface area contributed by atoms with Crippen LogP contribution in [-0.2, 0) is 37.5 Å². The standard InChI is InChI=1S/C8H7ClNO2.Y/c1-5-7(9)3-6(8(11)12)4-10(5)2;/h3H,1H2,2H3,(H,11,12);/q-1;. The average molecular weight is 274 g/mol. The van der Waals surface area contributed by atoms with E-state index in [4.69, 9.17) is 16.7 Å². The molecule has 0 aromatic carbocycles. The molecule has 0 aliphatic carbocycles. The predicted octanol–water partition coefficient (Wildman–Crippen LogP) is 1.34. The molecule has 13 heavy (non-hydrogen) atoms. The predicted molar refractivity (Wildman–Crippen MR) is 45.2 cm³/mol. The molecule has 1 aliphatic rings. The third-order valence-corrected chi connectivity index (χ3v) is 1.80. The third-order valence-electron chi connectivity index (χ3n) is 1.47. The van der Waals surface area contributed by atoms with Crippen LogP contribution in [-0.4, -0.2) is 23.0 Å². The Bertz CT molecular complexity index is 309. The van der Waals surface area contributed by atoms with E-state index in [9.17, 15) is 4.79 Å². The molecule has 1 rings (SSSR count). The van der Waals surface area contributed by atoms with Crippen molar-refractivity contribution >= 4 is 17.6 Å². The van der Waals surface area contributed by atoms with Gasteiger partial charge >= 0.3 is 0 Å². The number of halogens is 1. The van der Waals surface area contributed by atoms with Crippen LogP contribution in [0, 0.1) is 6.20 Å². The van der Waals surface area contributed by atoms with Gasteiger partial charge in [0, 0.05) is 32.7 Å². The Labute approximate surface area is 107 Å². The SMILES string of the molecule is C=C1C(Cl)=CC(C(=O)O)=[C-]N1C.[Y]. The molecule has 3 nitrogen and oxygen atoms in total. The number of hydrogen-bond donors (Lipinski definition) is 1. The van der Waals surface area contributed by atoms with Crippen molar-refractivity contribution in [3.8, 4) is 0 Å². The minimum absolute atomic E-state index is 0. The number of hydrogen-bond acceptors (Lipinski definition) is 2. The van der Waals surface area contributed by atoms with Crippen molar-refractivity contribution in [2.24, 2.45) is 0 Å². The minimum atomic E-state index is -1.05. The fraction of sp³-hybridized carbons (Fsp3) is 0.125. The number of allylic oxidation sites excluding steroid dienone is 1. The van der Waals surface area contributed by atoms with Crippen molar-refractivity contribution in [3.05, 3.63) is 35.2 Å². The smallest absolute Gasteiger partial charge is 0.249 e. The minimum Gasteiger partial charge on any atom is -0.521 e. The van der Waals surface area contributed by atoms with Gasteiger partial charge in [0.1, 0.15) is 0 Å². The van der Waals surface area contributed by atoms with E-state index < -0.39 is 5.97 Å². The van der Waals surface area contributed by atoms with Crippen LogP contribution in [0.4, 0.5) is 0 Å². The van der Waals surface area contributed by atoms with E-state index in [1.807, 2.05) is 0 Å². The first-order valence-electron chi connectivity index (χ1n) is 3.19. The molecule has 0 spiro atoms. The van der Waals surface area contributed by atoms with E-state index in [1.54, 1.807) is 7.05 Å². The summed E-state index contributed by atoms with van der Waals surface area (Å²) in [5.74, 6) is -1.05. The molecule has 1 N–H and O–H groups in total. The molecule has 0 unspecified atom stereocenters. The molecule has 1 radical (unpaired) electrons. The molecule has 0 bridgehead atoms. The zero-order valence-corrected chi connectivity index (χ0v) is 10.6. The number of carbonyl (C=O) groups is 1. The fourth-order valence-corrected chi connectivity index (χ4v) is 0.996. The molecule has 0 saturated heterocycles. The maximum Gasteiger partial charge on any atom is 0.249 e. The van der Waals surface area contributed by atoms with Gasteiger partial charge in [-0.2, -0.15) is 0 Å². The summed E-state index contributed by atoms with van der Waals surface area (Å²) in [6.07, 6.45) is 3.91. The Kier molecular flexibility index (Phi) is 4.89. The average Bonchev–Trinajstić information content (AvgIpc) is 1.99. The molecule has 0 aromatic heterocycles. The van der Waals surface area contributed by atoms with Gasteiger partial charge in [-0.05, 0) is 23.4 Å². The molecule has 0 saturated carbocycles. The molecular formula is C8H7ClNO2Y-. The molecular weight excluding hydrogens is 266 g/mol. The van der Waals surface area contributed by atoms with Crippen molar-refractivity contribution < 1.29 is 42.6 Å². The van der Waals surface area contributed by atoms with Crippen LogP contribution < -0.4 is 0 Å². The normalized spacial score (nSPS) is 15.8. The summed E-state index contributed by atoms with van der Waals surface area (Å²) in [5, 5.41) is 8.93. The molecule has 5 heteroatoms. The maximum absolute atomic E-state index is 10.5. The summed E-state index contributed by atoms with van der Waals surface area (Å²) in [5.41, 5.74) is 0.580. The van der Waals surface area contributed by atoms with Crippen LogP contribution in [0.3, 0.4) is 0 Å². The summed E-state index contributed by atoms with van der Waals surface area (Å²) in [6.45, 7) is 3.63. The van der Waals surface area contributed by atoms with Gasteiger partial charge in [0.2, 0.25) is 5.97 Å². The summed E-state index contributed by atoms with van der Waals surface area (Å²) < 4.78 is 0. The second kappa shape index (κ2) is 4.94. The molecule has 1 aliphatic heterocycles. The van der Waals surface area contributed by atoms with Crippen LogP contribution in [0.5, 0.6) is 0 Å². The van der Waals surface area contributed by atoms with Crippen LogP contribution in [0.1, 0.15) is 0 Å². The molecule has 0 amide bonds. The van der Waals surface area contributed by atoms with Crippen molar-refractivity contribution in [1.82, 2.24) is 4.90 Å². The van der Waals surface area contributed by atoms with Gasteiger partial charge in [-0.3, -0.25) is 0 Å². The van der Waals surface area contributed by atoms with Crippen LogP contribution in [0.15, 0.2) is 29.0 Å². The van der Waals surface area contributed by atoms with E-state index in [0.29, 0.717) is 10.7 Å². The zero-order chi connectivity index (χ0) is 9.30.